The summed E-state index contributed by atoms with van der Waals surface area (Å²) in [5.74, 6) is 0.612. The van der Waals surface area contributed by atoms with Crippen LogP contribution in [0.2, 0.25) is 0 Å². The van der Waals surface area contributed by atoms with Crippen LogP contribution in [0.4, 0.5) is 0 Å². The maximum atomic E-state index is 5.42. The smallest absolute Gasteiger partial charge is 0.258 e. The van der Waals surface area contributed by atoms with Crippen molar-refractivity contribution in [2.45, 2.75) is 20.8 Å². The first kappa shape index (κ1) is 8.99. The number of hydrogen-bond acceptors (Lipinski definition) is 3. The van der Waals surface area contributed by atoms with E-state index in [9.17, 15) is 0 Å². The van der Waals surface area contributed by atoms with Gasteiger partial charge in [0.05, 0.1) is 18.0 Å². The van der Waals surface area contributed by atoms with Gasteiger partial charge in [0.25, 0.3) is 5.88 Å². The zero-order valence-corrected chi connectivity index (χ0v) is 8.61. The SMILES string of the molecule is CCOc1nc(C)cn2cc(C)nc12. The van der Waals surface area contributed by atoms with E-state index in [1.807, 2.05) is 37.6 Å². The molecule has 0 fully saturated rings. The molecule has 0 bridgehead atoms. The Labute approximate surface area is 82.6 Å². The second-order valence-corrected chi connectivity index (χ2v) is 3.23. The fourth-order valence-corrected chi connectivity index (χ4v) is 1.45. The summed E-state index contributed by atoms with van der Waals surface area (Å²) in [6, 6.07) is 0. The largest absolute Gasteiger partial charge is 0.475 e. The van der Waals surface area contributed by atoms with Crippen molar-refractivity contribution in [3.05, 3.63) is 23.8 Å². The van der Waals surface area contributed by atoms with Crippen LogP contribution in [0, 0.1) is 13.8 Å². The minimum Gasteiger partial charge on any atom is -0.475 e. The molecule has 4 nitrogen and oxygen atoms in total. The van der Waals surface area contributed by atoms with Crippen LogP contribution in [0.3, 0.4) is 0 Å². The lowest BCUT2D eigenvalue weighted by Crippen LogP contribution is -1.99. The highest BCUT2D eigenvalue weighted by Crippen LogP contribution is 2.16. The molecule has 0 N–H and O–H groups in total. The fourth-order valence-electron chi connectivity index (χ4n) is 1.45. The van der Waals surface area contributed by atoms with Crippen LogP contribution in [0.1, 0.15) is 18.3 Å². The van der Waals surface area contributed by atoms with E-state index in [2.05, 4.69) is 9.97 Å². The molecule has 0 aromatic carbocycles. The summed E-state index contributed by atoms with van der Waals surface area (Å²) in [6.45, 7) is 6.45. The van der Waals surface area contributed by atoms with Gasteiger partial charge in [0.2, 0.25) is 5.65 Å². The summed E-state index contributed by atoms with van der Waals surface area (Å²) in [6.07, 6.45) is 3.91. The maximum Gasteiger partial charge on any atom is 0.258 e. The number of imidazole rings is 1. The normalized spacial score (nSPS) is 10.8. The Morgan fingerprint density at radius 1 is 1.21 bits per heavy atom. The summed E-state index contributed by atoms with van der Waals surface area (Å²) >= 11 is 0. The Bertz CT molecular complexity index is 462. The summed E-state index contributed by atoms with van der Waals surface area (Å²) in [5.41, 5.74) is 2.69. The van der Waals surface area contributed by atoms with Crippen LogP contribution < -0.4 is 4.74 Å². The molecular weight excluding hydrogens is 178 g/mol. The topological polar surface area (TPSA) is 39.4 Å². The Hall–Kier alpha value is -1.58. The summed E-state index contributed by atoms with van der Waals surface area (Å²) in [5, 5.41) is 0. The number of hydrogen-bond donors (Lipinski definition) is 0. The summed E-state index contributed by atoms with van der Waals surface area (Å²) < 4.78 is 7.37. The zero-order chi connectivity index (χ0) is 10.1. The van der Waals surface area contributed by atoms with Crippen molar-refractivity contribution in [2.24, 2.45) is 0 Å². The third-order valence-electron chi connectivity index (χ3n) is 1.93. The molecule has 0 aliphatic rings. The first-order valence-electron chi connectivity index (χ1n) is 4.66. The highest BCUT2D eigenvalue weighted by atomic mass is 16.5. The minimum absolute atomic E-state index is 0.609. The van der Waals surface area contributed by atoms with Crippen molar-refractivity contribution in [3.8, 4) is 5.88 Å². The van der Waals surface area contributed by atoms with E-state index in [0.717, 1.165) is 17.0 Å². The number of aromatic nitrogens is 3. The number of ether oxygens (including phenoxy) is 1. The predicted octanol–water partition coefficient (Wildman–Crippen LogP) is 1.74. The lowest BCUT2D eigenvalue weighted by atomic mass is 10.5. The molecule has 0 amide bonds. The Morgan fingerprint density at radius 3 is 2.50 bits per heavy atom. The van der Waals surface area contributed by atoms with Gasteiger partial charge in [-0.2, -0.15) is 0 Å². The zero-order valence-electron chi connectivity index (χ0n) is 8.61. The van der Waals surface area contributed by atoms with Gasteiger partial charge in [-0.15, -0.1) is 0 Å². The third-order valence-corrected chi connectivity index (χ3v) is 1.93. The molecule has 0 saturated carbocycles. The van der Waals surface area contributed by atoms with Gasteiger partial charge in [-0.3, -0.25) is 0 Å². The maximum absolute atomic E-state index is 5.42. The average Bonchev–Trinajstić information content (AvgIpc) is 2.45. The molecule has 2 rings (SSSR count). The van der Waals surface area contributed by atoms with E-state index in [1.165, 1.54) is 0 Å². The van der Waals surface area contributed by atoms with Crippen LogP contribution in [0.5, 0.6) is 5.88 Å². The molecule has 0 aliphatic heterocycles. The second-order valence-electron chi connectivity index (χ2n) is 3.23. The molecule has 0 radical (unpaired) electrons. The number of nitrogens with zero attached hydrogens (tertiary/aromatic N) is 3. The highest BCUT2D eigenvalue weighted by Gasteiger charge is 2.07. The predicted molar refractivity (Wildman–Crippen MR) is 53.6 cm³/mol. The number of fused-ring (bicyclic) bond motifs is 1. The van der Waals surface area contributed by atoms with E-state index < -0.39 is 0 Å². The van der Waals surface area contributed by atoms with E-state index in [0.29, 0.717) is 12.5 Å². The monoisotopic (exact) mass is 191 g/mol. The molecule has 0 spiro atoms. The first-order valence-corrected chi connectivity index (χ1v) is 4.66. The molecule has 14 heavy (non-hydrogen) atoms. The van der Waals surface area contributed by atoms with Crippen molar-refractivity contribution in [2.75, 3.05) is 6.61 Å². The van der Waals surface area contributed by atoms with Gasteiger partial charge in [-0.05, 0) is 20.8 Å². The number of rotatable bonds is 2. The Balaban J connectivity index is 2.66. The van der Waals surface area contributed by atoms with Crippen LogP contribution in [0.25, 0.3) is 5.65 Å². The lowest BCUT2D eigenvalue weighted by Gasteiger charge is -2.04. The van der Waals surface area contributed by atoms with Crippen LogP contribution in [-0.2, 0) is 0 Å². The van der Waals surface area contributed by atoms with E-state index in [-0.39, 0.29) is 0 Å². The van der Waals surface area contributed by atoms with Gasteiger partial charge in [-0.1, -0.05) is 0 Å². The van der Waals surface area contributed by atoms with E-state index in [4.69, 9.17) is 4.74 Å². The molecule has 0 atom stereocenters. The van der Waals surface area contributed by atoms with Crippen molar-refractivity contribution in [1.29, 1.82) is 0 Å². The van der Waals surface area contributed by atoms with Gasteiger partial charge in [0.1, 0.15) is 0 Å². The molecule has 2 heterocycles. The van der Waals surface area contributed by atoms with Crippen LogP contribution in [0.15, 0.2) is 12.4 Å². The van der Waals surface area contributed by atoms with Gasteiger partial charge >= 0.3 is 0 Å². The summed E-state index contributed by atoms with van der Waals surface area (Å²) in [4.78, 5) is 8.65. The second kappa shape index (κ2) is 3.29. The van der Waals surface area contributed by atoms with E-state index >= 15 is 0 Å². The van der Waals surface area contributed by atoms with Crippen LogP contribution >= 0.6 is 0 Å². The van der Waals surface area contributed by atoms with Gasteiger partial charge < -0.3 is 9.14 Å². The Kier molecular flexibility index (Phi) is 2.11. The van der Waals surface area contributed by atoms with Crippen molar-refractivity contribution < 1.29 is 4.74 Å². The first-order chi connectivity index (χ1) is 6.70. The fraction of sp³-hybridized carbons (Fsp3) is 0.400. The van der Waals surface area contributed by atoms with Gasteiger partial charge in [-0.25, -0.2) is 9.97 Å². The molecule has 74 valence electrons. The summed E-state index contributed by atoms with van der Waals surface area (Å²) in [7, 11) is 0. The van der Waals surface area contributed by atoms with Crippen molar-refractivity contribution in [3.63, 3.8) is 0 Å². The standard InChI is InChI=1S/C10H13N3O/c1-4-14-10-9-11-7(2)5-13(9)6-8(3)12-10/h5-6H,4H2,1-3H3. The molecule has 0 saturated heterocycles. The molecule has 4 heteroatoms. The molecular formula is C10H13N3O. The molecule has 0 aliphatic carbocycles. The Morgan fingerprint density at radius 2 is 1.86 bits per heavy atom. The van der Waals surface area contributed by atoms with Gasteiger partial charge in [0.15, 0.2) is 0 Å². The van der Waals surface area contributed by atoms with Crippen molar-refractivity contribution in [1.82, 2.24) is 14.4 Å². The average molecular weight is 191 g/mol. The molecule has 2 aromatic heterocycles. The quantitative estimate of drug-likeness (QED) is 0.725. The number of aryl methyl sites for hydroxylation is 2. The third kappa shape index (κ3) is 1.43. The molecule has 0 unspecified atom stereocenters. The highest BCUT2D eigenvalue weighted by molar-refractivity contribution is 5.50. The van der Waals surface area contributed by atoms with Crippen molar-refractivity contribution >= 4 is 5.65 Å². The van der Waals surface area contributed by atoms with Gasteiger partial charge in [0, 0.05) is 12.4 Å². The lowest BCUT2D eigenvalue weighted by molar-refractivity contribution is 0.328. The van der Waals surface area contributed by atoms with Crippen LogP contribution in [-0.4, -0.2) is 21.0 Å². The minimum atomic E-state index is 0.609. The van der Waals surface area contributed by atoms with E-state index in [1.54, 1.807) is 0 Å². The molecule has 2 aromatic rings.